The number of carbonyl (C=O) groups is 1. The second-order valence-electron chi connectivity index (χ2n) is 7.27. The van der Waals surface area contributed by atoms with Crippen LogP contribution < -0.4 is 0 Å². The molecule has 0 aromatic carbocycles. The molecule has 0 heterocycles. The van der Waals surface area contributed by atoms with Crippen LogP contribution in [0.15, 0.2) is 0 Å². The quantitative estimate of drug-likeness (QED) is 0.221. The Balaban J connectivity index is 7.13. The average molecular weight is 642 g/mol. The van der Waals surface area contributed by atoms with E-state index in [1.54, 1.807) is 0 Å². The summed E-state index contributed by atoms with van der Waals surface area (Å²) in [6.07, 6.45) is -13.7. The Morgan fingerprint density at radius 3 is 0.795 bits per heavy atom. The monoisotopic (exact) mass is 642 g/mol. The van der Waals surface area contributed by atoms with Gasteiger partial charge in [-0.2, -0.15) is 101 Å². The maximum absolute atomic E-state index is 13.5. The Labute approximate surface area is 196 Å². The van der Waals surface area contributed by atoms with Crippen LogP contribution in [0.4, 0.5) is 101 Å². The zero-order valence-electron chi connectivity index (χ0n) is 17.0. The van der Waals surface area contributed by atoms with E-state index in [-0.39, 0.29) is 0 Å². The lowest BCUT2D eigenvalue weighted by Gasteiger charge is -2.45. The normalized spacial score (nSPS) is 16.5. The first kappa shape index (κ1) is 36.9. The number of carboxylic acids is 1. The van der Waals surface area contributed by atoms with Gasteiger partial charge in [-0.25, -0.2) is 0 Å². The number of alkyl halides is 23. The molecule has 0 aromatic heterocycles. The summed E-state index contributed by atoms with van der Waals surface area (Å²) in [6.45, 7) is 0. The Kier molecular flexibility index (Phi) is 8.69. The predicted octanol–water partition coefficient (Wildman–Crippen LogP) is 7.77. The Morgan fingerprint density at radius 2 is 0.590 bits per heavy atom. The Bertz CT molecular complexity index is 912. The van der Waals surface area contributed by atoms with Crippen molar-refractivity contribution in [2.24, 2.45) is 0 Å². The van der Waals surface area contributed by atoms with E-state index < -0.39 is 84.2 Å². The Morgan fingerprint density at radius 1 is 0.385 bits per heavy atom. The van der Waals surface area contributed by atoms with E-state index >= 15 is 0 Å². The molecule has 0 aliphatic heterocycles. The van der Waals surface area contributed by atoms with Gasteiger partial charge in [-0.3, -0.25) is 4.79 Å². The summed E-state index contributed by atoms with van der Waals surface area (Å²) in [6, 6.07) is 0. The molecule has 0 atom stereocenters. The number of aliphatic carboxylic acids is 1. The minimum Gasteiger partial charge on any atom is -0.481 e. The summed E-state index contributed by atoms with van der Waals surface area (Å²) in [5.41, 5.74) is 0. The zero-order valence-corrected chi connectivity index (χ0v) is 17.0. The van der Waals surface area contributed by atoms with Gasteiger partial charge >= 0.3 is 71.4 Å². The fraction of sp³-hybridized carbons (Fsp3) is 0.929. The molecule has 234 valence electrons. The highest BCUT2D eigenvalue weighted by Gasteiger charge is 2.98. The van der Waals surface area contributed by atoms with E-state index in [4.69, 9.17) is 5.11 Å². The summed E-state index contributed by atoms with van der Waals surface area (Å²) in [7, 11) is 0. The van der Waals surface area contributed by atoms with Crippen molar-refractivity contribution in [1.29, 1.82) is 0 Å². The van der Waals surface area contributed by atoms with Gasteiger partial charge in [-0.05, 0) is 0 Å². The average Bonchev–Trinajstić information content (AvgIpc) is 2.70. The molecule has 25 heteroatoms. The van der Waals surface area contributed by atoms with Crippen LogP contribution in [0, 0.1) is 0 Å². The highest BCUT2D eigenvalue weighted by atomic mass is 19.4. The highest BCUT2D eigenvalue weighted by Crippen LogP contribution is 2.67. The Hall–Kier alpha value is -2.14. The van der Waals surface area contributed by atoms with E-state index in [0.29, 0.717) is 0 Å². The number of rotatable bonds is 12. The van der Waals surface area contributed by atoms with Crippen LogP contribution in [0.1, 0.15) is 12.8 Å². The van der Waals surface area contributed by atoms with E-state index in [1.807, 2.05) is 0 Å². The lowest BCUT2D eigenvalue weighted by atomic mass is 9.85. The molecule has 0 aliphatic rings. The number of hydrogen-bond donors (Lipinski definition) is 1. The van der Waals surface area contributed by atoms with Crippen molar-refractivity contribution in [2.75, 3.05) is 0 Å². The first-order valence-corrected chi connectivity index (χ1v) is 8.48. The summed E-state index contributed by atoms with van der Waals surface area (Å²) in [5.74, 6) is -90.9. The van der Waals surface area contributed by atoms with Crippen molar-refractivity contribution in [3.63, 3.8) is 0 Å². The molecule has 0 radical (unpaired) electrons. The molecule has 0 saturated carbocycles. The van der Waals surface area contributed by atoms with Gasteiger partial charge in [0.25, 0.3) is 0 Å². The van der Waals surface area contributed by atoms with Crippen LogP contribution in [0.3, 0.4) is 0 Å². The third-order valence-electron chi connectivity index (χ3n) is 4.62. The van der Waals surface area contributed by atoms with E-state index in [2.05, 4.69) is 0 Å². The SMILES string of the molecule is O=C(O)CCC(F)(F)C(F)(F)C(F)(F)C(F)(F)C(F)(F)C(F)(F)C(F)(F)C(F)(F)C(F)(F)C(F)(F)C(F)(F)F. The molecule has 0 aliphatic carbocycles. The van der Waals surface area contributed by atoms with Crippen LogP contribution >= 0.6 is 0 Å². The minimum atomic E-state index is -9.45. The predicted molar refractivity (Wildman–Crippen MR) is 72.4 cm³/mol. The first-order valence-electron chi connectivity index (χ1n) is 8.48. The van der Waals surface area contributed by atoms with Gasteiger partial charge in [-0.1, -0.05) is 0 Å². The van der Waals surface area contributed by atoms with Crippen molar-refractivity contribution >= 4 is 5.97 Å². The zero-order chi connectivity index (χ0) is 32.5. The minimum absolute atomic E-state index is 2.40. The molecular weight excluding hydrogens is 637 g/mol. The smallest absolute Gasteiger partial charge is 0.460 e. The van der Waals surface area contributed by atoms with Gasteiger partial charge in [-0.15, -0.1) is 0 Å². The van der Waals surface area contributed by atoms with Gasteiger partial charge in [0.05, 0.1) is 6.42 Å². The second kappa shape index (κ2) is 9.19. The molecule has 0 fully saturated rings. The van der Waals surface area contributed by atoms with Crippen molar-refractivity contribution in [3.05, 3.63) is 0 Å². The van der Waals surface area contributed by atoms with Crippen molar-refractivity contribution in [3.8, 4) is 0 Å². The molecule has 1 N–H and O–H groups in total. The van der Waals surface area contributed by atoms with Gasteiger partial charge in [0.2, 0.25) is 0 Å². The molecule has 2 nitrogen and oxygen atoms in total. The summed E-state index contributed by atoms with van der Waals surface area (Å²) in [4.78, 5) is 10.1. The van der Waals surface area contributed by atoms with Gasteiger partial charge in [0.15, 0.2) is 0 Å². The second-order valence-corrected chi connectivity index (χ2v) is 7.27. The van der Waals surface area contributed by atoms with E-state index in [9.17, 15) is 106 Å². The lowest BCUT2D eigenvalue weighted by molar-refractivity contribution is -0.478. The fourth-order valence-electron chi connectivity index (χ4n) is 2.21. The number of hydrogen-bond acceptors (Lipinski definition) is 1. The molecule has 0 rings (SSSR count). The molecule has 0 spiro atoms. The van der Waals surface area contributed by atoms with Crippen LogP contribution in [0.25, 0.3) is 0 Å². The van der Waals surface area contributed by atoms with Crippen LogP contribution in [0.5, 0.6) is 0 Å². The fourth-order valence-corrected chi connectivity index (χ4v) is 2.21. The van der Waals surface area contributed by atoms with Gasteiger partial charge < -0.3 is 5.11 Å². The maximum Gasteiger partial charge on any atom is 0.460 e. The van der Waals surface area contributed by atoms with Crippen molar-refractivity contribution in [1.82, 2.24) is 0 Å². The standard InChI is InChI=1S/C14H5F23O2/c15-4(16,2-1-3(38)39)5(17,18)6(19,20)7(21,22)8(23,24)9(25,26)10(27,28)11(29,30)12(31,32)13(33,34)14(35,36)37/h1-2H2,(H,38,39). The topological polar surface area (TPSA) is 37.3 Å². The van der Waals surface area contributed by atoms with Gasteiger partial charge in [0.1, 0.15) is 0 Å². The lowest BCUT2D eigenvalue weighted by Crippen LogP contribution is -2.77. The highest BCUT2D eigenvalue weighted by molar-refractivity contribution is 5.66. The molecule has 0 unspecified atom stereocenters. The molecule has 0 aromatic rings. The maximum atomic E-state index is 13.5. The van der Waals surface area contributed by atoms with E-state index in [1.165, 1.54) is 0 Å². The molecule has 0 bridgehead atoms. The molecule has 0 saturated heterocycles. The summed E-state index contributed by atoms with van der Waals surface area (Å²) in [5, 5.41) is 8.01. The van der Waals surface area contributed by atoms with Crippen LogP contribution in [-0.4, -0.2) is 76.5 Å². The van der Waals surface area contributed by atoms with E-state index in [0.717, 1.165) is 0 Å². The number of halogens is 23. The number of carboxylic acid groups (broad SMARTS) is 1. The van der Waals surface area contributed by atoms with Crippen LogP contribution in [-0.2, 0) is 4.79 Å². The van der Waals surface area contributed by atoms with Crippen LogP contribution in [0.2, 0.25) is 0 Å². The largest absolute Gasteiger partial charge is 0.481 e. The third kappa shape index (κ3) is 4.67. The molecule has 39 heavy (non-hydrogen) atoms. The molecular formula is C14H5F23O2. The van der Waals surface area contributed by atoms with Crippen molar-refractivity contribution in [2.45, 2.75) is 78.2 Å². The summed E-state index contributed by atoms with van der Waals surface area (Å²) >= 11 is 0. The molecule has 0 amide bonds. The van der Waals surface area contributed by atoms with Crippen molar-refractivity contribution < 1.29 is 111 Å². The third-order valence-corrected chi connectivity index (χ3v) is 4.62. The first-order chi connectivity index (χ1) is 16.4. The summed E-state index contributed by atoms with van der Waals surface area (Å²) < 4.78 is 302. The van der Waals surface area contributed by atoms with Gasteiger partial charge in [0, 0.05) is 6.42 Å².